The Morgan fingerprint density at radius 3 is 2.47 bits per heavy atom. The van der Waals surface area contributed by atoms with Gasteiger partial charge in [0.1, 0.15) is 0 Å². The summed E-state index contributed by atoms with van der Waals surface area (Å²) >= 11 is 0. The van der Waals surface area contributed by atoms with E-state index in [2.05, 4.69) is 4.98 Å². The maximum atomic E-state index is 13.6. The molecule has 32 heavy (non-hydrogen) atoms. The molecule has 0 aliphatic carbocycles. The second-order valence-electron chi connectivity index (χ2n) is 8.39. The van der Waals surface area contributed by atoms with Crippen LogP contribution in [0, 0.1) is 11.8 Å². The standard InChI is InChI=1S/C21H26F2N4O5/c1-12(2)8-26(14-7-13(20(29)30)9-25(10-14)21(31)32)19(28)18-24-15-5-3-4-6-16(15)27(18)11-17(22)23/h3-6,12-14,17H,7-11H2,1-2H3,(H,29,30)(H,31,32)/t13-,14+/m1/s1. The number of carbonyl (C=O) groups is 3. The molecule has 2 heterocycles. The van der Waals surface area contributed by atoms with E-state index in [0.717, 1.165) is 4.90 Å². The van der Waals surface area contributed by atoms with Crippen molar-refractivity contribution in [3.8, 4) is 0 Å². The molecule has 1 aliphatic rings. The van der Waals surface area contributed by atoms with E-state index in [1.165, 1.54) is 9.47 Å². The van der Waals surface area contributed by atoms with E-state index in [-0.39, 0.29) is 37.8 Å². The lowest BCUT2D eigenvalue weighted by atomic mass is 9.92. The number of aromatic nitrogens is 2. The summed E-state index contributed by atoms with van der Waals surface area (Å²) in [5, 5.41) is 18.9. The molecule has 1 aromatic heterocycles. The van der Waals surface area contributed by atoms with E-state index < -0.39 is 42.9 Å². The third kappa shape index (κ3) is 4.97. The average molecular weight is 452 g/mol. The molecule has 0 saturated carbocycles. The summed E-state index contributed by atoms with van der Waals surface area (Å²) in [6.45, 7) is 2.95. The first-order valence-corrected chi connectivity index (χ1v) is 10.3. The number of alkyl halides is 2. The Bertz CT molecular complexity index is 987. The van der Waals surface area contributed by atoms with Crippen LogP contribution in [0.5, 0.6) is 0 Å². The number of para-hydroxylation sites is 2. The number of piperidine rings is 1. The molecule has 0 spiro atoms. The fourth-order valence-electron chi connectivity index (χ4n) is 4.11. The van der Waals surface area contributed by atoms with Crippen molar-refractivity contribution in [2.24, 2.45) is 11.8 Å². The van der Waals surface area contributed by atoms with Crippen molar-refractivity contribution < 1.29 is 33.4 Å². The number of fused-ring (bicyclic) bond motifs is 1. The molecule has 3 rings (SSSR count). The van der Waals surface area contributed by atoms with Crippen LogP contribution in [-0.2, 0) is 11.3 Å². The highest BCUT2D eigenvalue weighted by Gasteiger charge is 2.39. The molecule has 11 heteroatoms. The van der Waals surface area contributed by atoms with Gasteiger partial charge in [-0.1, -0.05) is 26.0 Å². The molecule has 0 unspecified atom stereocenters. The predicted octanol–water partition coefficient (Wildman–Crippen LogP) is 2.85. The number of hydrogen-bond acceptors (Lipinski definition) is 4. The van der Waals surface area contributed by atoms with Gasteiger partial charge in [-0.15, -0.1) is 0 Å². The van der Waals surface area contributed by atoms with Gasteiger partial charge >= 0.3 is 12.1 Å². The number of halogens is 2. The van der Waals surface area contributed by atoms with Crippen LogP contribution in [0.15, 0.2) is 24.3 Å². The first-order chi connectivity index (χ1) is 15.1. The normalized spacial score (nSPS) is 19.0. The number of amides is 2. The zero-order valence-corrected chi connectivity index (χ0v) is 17.8. The van der Waals surface area contributed by atoms with Gasteiger partial charge in [-0.05, 0) is 24.5 Å². The number of carbonyl (C=O) groups excluding carboxylic acids is 1. The number of benzene rings is 1. The molecule has 2 atom stereocenters. The minimum absolute atomic E-state index is 0.0321. The average Bonchev–Trinajstić information content (AvgIpc) is 3.09. The van der Waals surface area contributed by atoms with Gasteiger partial charge in [0.2, 0.25) is 0 Å². The number of rotatable bonds is 7. The fraction of sp³-hybridized carbons (Fsp3) is 0.524. The number of imidazole rings is 1. The van der Waals surface area contributed by atoms with E-state index in [1.54, 1.807) is 24.3 Å². The molecule has 174 valence electrons. The molecular formula is C21H26F2N4O5. The zero-order valence-electron chi connectivity index (χ0n) is 17.8. The fourth-order valence-corrected chi connectivity index (χ4v) is 4.11. The Labute approximate surface area is 183 Å². The summed E-state index contributed by atoms with van der Waals surface area (Å²) in [4.78, 5) is 43.4. The van der Waals surface area contributed by atoms with Crippen molar-refractivity contribution >= 4 is 29.0 Å². The third-order valence-electron chi connectivity index (χ3n) is 5.48. The number of likely N-dealkylation sites (tertiary alicyclic amines) is 1. The van der Waals surface area contributed by atoms with E-state index in [0.29, 0.717) is 11.0 Å². The van der Waals surface area contributed by atoms with Gasteiger partial charge in [0.25, 0.3) is 12.3 Å². The Morgan fingerprint density at radius 1 is 1.19 bits per heavy atom. The molecule has 1 fully saturated rings. The summed E-state index contributed by atoms with van der Waals surface area (Å²) in [5.74, 6) is -2.96. The molecule has 2 N–H and O–H groups in total. The Kier molecular flexibility index (Phi) is 6.95. The quantitative estimate of drug-likeness (QED) is 0.667. The molecule has 2 aromatic rings. The molecule has 1 aromatic carbocycles. The summed E-state index contributed by atoms with van der Waals surface area (Å²) in [6.07, 6.45) is -3.93. The number of carboxylic acids is 1. The maximum absolute atomic E-state index is 13.6. The number of hydrogen-bond donors (Lipinski definition) is 2. The summed E-state index contributed by atoms with van der Waals surface area (Å²) in [5.41, 5.74) is 0.778. The van der Waals surface area contributed by atoms with Gasteiger partial charge < -0.3 is 24.6 Å². The van der Waals surface area contributed by atoms with Crippen molar-refractivity contribution in [2.75, 3.05) is 19.6 Å². The molecular weight excluding hydrogens is 426 g/mol. The molecule has 2 amide bonds. The van der Waals surface area contributed by atoms with Crippen LogP contribution < -0.4 is 0 Å². The highest BCUT2D eigenvalue weighted by atomic mass is 19.3. The predicted molar refractivity (Wildman–Crippen MR) is 111 cm³/mol. The van der Waals surface area contributed by atoms with Crippen molar-refractivity contribution in [1.82, 2.24) is 19.4 Å². The second kappa shape index (κ2) is 9.49. The smallest absolute Gasteiger partial charge is 0.407 e. The van der Waals surface area contributed by atoms with E-state index >= 15 is 0 Å². The van der Waals surface area contributed by atoms with Crippen molar-refractivity contribution in [2.45, 2.75) is 39.3 Å². The molecule has 0 bridgehead atoms. The van der Waals surface area contributed by atoms with E-state index in [1.807, 2.05) is 13.8 Å². The van der Waals surface area contributed by atoms with Crippen LogP contribution in [-0.4, -0.2) is 79.6 Å². The lowest BCUT2D eigenvalue weighted by Crippen LogP contribution is -2.56. The van der Waals surface area contributed by atoms with Gasteiger partial charge in [0.15, 0.2) is 5.82 Å². The highest BCUT2D eigenvalue weighted by Crippen LogP contribution is 2.26. The van der Waals surface area contributed by atoms with Gasteiger partial charge in [0.05, 0.1) is 29.5 Å². The minimum atomic E-state index is -2.72. The van der Waals surface area contributed by atoms with Crippen LogP contribution in [0.1, 0.15) is 30.9 Å². The lowest BCUT2D eigenvalue weighted by Gasteiger charge is -2.41. The van der Waals surface area contributed by atoms with Crippen molar-refractivity contribution in [3.05, 3.63) is 30.1 Å². The van der Waals surface area contributed by atoms with Crippen molar-refractivity contribution in [1.29, 1.82) is 0 Å². The van der Waals surface area contributed by atoms with Crippen molar-refractivity contribution in [3.63, 3.8) is 0 Å². The Morgan fingerprint density at radius 2 is 1.88 bits per heavy atom. The molecule has 9 nitrogen and oxygen atoms in total. The van der Waals surface area contributed by atoms with Crippen LogP contribution in [0.2, 0.25) is 0 Å². The zero-order chi connectivity index (χ0) is 23.6. The molecule has 1 aliphatic heterocycles. The monoisotopic (exact) mass is 452 g/mol. The summed E-state index contributed by atoms with van der Waals surface area (Å²) in [6, 6.07) is 5.84. The lowest BCUT2D eigenvalue weighted by molar-refractivity contribution is -0.144. The van der Waals surface area contributed by atoms with E-state index in [4.69, 9.17) is 0 Å². The Balaban J connectivity index is 2.03. The highest BCUT2D eigenvalue weighted by molar-refractivity contribution is 5.95. The number of aliphatic carboxylic acids is 1. The second-order valence-corrected chi connectivity index (χ2v) is 8.39. The van der Waals surface area contributed by atoms with Gasteiger partial charge in [0, 0.05) is 19.6 Å². The van der Waals surface area contributed by atoms with Gasteiger partial charge in [-0.2, -0.15) is 0 Å². The van der Waals surface area contributed by atoms with Gasteiger partial charge in [-0.25, -0.2) is 18.6 Å². The molecule has 1 saturated heterocycles. The van der Waals surface area contributed by atoms with Crippen LogP contribution >= 0.6 is 0 Å². The first-order valence-electron chi connectivity index (χ1n) is 10.3. The largest absolute Gasteiger partial charge is 0.481 e. The first kappa shape index (κ1) is 23.4. The van der Waals surface area contributed by atoms with E-state index in [9.17, 15) is 33.4 Å². The summed E-state index contributed by atoms with van der Waals surface area (Å²) < 4.78 is 27.8. The Hall–Kier alpha value is -3.24. The topological polar surface area (TPSA) is 116 Å². The number of nitrogens with zero attached hydrogens (tertiary/aromatic N) is 4. The van der Waals surface area contributed by atoms with Crippen LogP contribution in [0.3, 0.4) is 0 Å². The summed E-state index contributed by atoms with van der Waals surface area (Å²) in [7, 11) is 0. The van der Waals surface area contributed by atoms with Gasteiger partial charge in [-0.3, -0.25) is 9.59 Å². The number of carboxylic acid groups (broad SMARTS) is 2. The van der Waals surface area contributed by atoms with Crippen LogP contribution in [0.4, 0.5) is 13.6 Å². The molecule has 0 radical (unpaired) electrons. The van der Waals surface area contributed by atoms with Crippen LogP contribution in [0.25, 0.3) is 11.0 Å². The third-order valence-corrected chi connectivity index (χ3v) is 5.48. The minimum Gasteiger partial charge on any atom is -0.481 e. The SMILES string of the molecule is CC(C)CN(C(=O)c1nc2ccccc2n1CC(F)F)[C@H]1C[C@@H](C(=O)O)CN(C(=O)O)C1. The maximum Gasteiger partial charge on any atom is 0.407 e.